The number of carbonyl (C=O) groups is 1. The van der Waals surface area contributed by atoms with Gasteiger partial charge in [-0.15, -0.1) is 0 Å². The first-order chi connectivity index (χ1) is 16.4. The Balaban J connectivity index is 1.48. The molecule has 0 saturated heterocycles. The van der Waals surface area contributed by atoms with Gasteiger partial charge in [0.05, 0.1) is 23.0 Å². The van der Waals surface area contributed by atoms with E-state index in [2.05, 4.69) is 21.8 Å². The molecule has 174 valence electrons. The lowest BCUT2D eigenvalue weighted by molar-refractivity contribution is -0.00690. The number of aryl methyl sites for hydroxylation is 1. The van der Waals surface area contributed by atoms with E-state index >= 15 is 0 Å². The van der Waals surface area contributed by atoms with Gasteiger partial charge in [0.25, 0.3) is 5.91 Å². The zero-order chi connectivity index (χ0) is 24.1. The lowest BCUT2D eigenvalue weighted by Gasteiger charge is -2.13. The summed E-state index contributed by atoms with van der Waals surface area (Å²) in [6.45, 7) is 4.01. The van der Waals surface area contributed by atoms with E-state index in [9.17, 15) is 9.90 Å². The smallest absolute Gasteiger partial charge is 0.275 e. The van der Waals surface area contributed by atoms with Gasteiger partial charge in [-0.3, -0.25) is 14.6 Å². The van der Waals surface area contributed by atoms with Gasteiger partial charge >= 0.3 is 0 Å². The molecule has 8 heteroatoms. The molecule has 4 rings (SSSR count). The van der Waals surface area contributed by atoms with Crippen LogP contribution >= 0.6 is 0 Å². The molecule has 1 atom stereocenters. The quantitative estimate of drug-likeness (QED) is 0.297. The lowest BCUT2D eigenvalue weighted by Crippen LogP contribution is -2.27. The van der Waals surface area contributed by atoms with Crippen LogP contribution in [0.15, 0.2) is 66.9 Å². The van der Waals surface area contributed by atoms with E-state index in [1.165, 1.54) is 0 Å². The summed E-state index contributed by atoms with van der Waals surface area (Å²) in [5.41, 5.74) is 14.0. The van der Waals surface area contributed by atoms with Crippen molar-refractivity contribution >= 4 is 28.3 Å². The molecule has 2 aromatic heterocycles. The Kier molecular flexibility index (Phi) is 7.01. The number of pyridine rings is 2. The number of aromatic nitrogens is 2. The van der Waals surface area contributed by atoms with Crippen molar-refractivity contribution in [2.45, 2.75) is 26.5 Å². The van der Waals surface area contributed by atoms with Crippen molar-refractivity contribution in [3.8, 4) is 11.3 Å². The zero-order valence-electron chi connectivity index (χ0n) is 19.1. The van der Waals surface area contributed by atoms with Crippen LogP contribution in [0.25, 0.3) is 22.2 Å². The molecule has 1 unspecified atom stereocenters. The maximum atomic E-state index is 12.3. The number of anilines is 2. The molecule has 4 aromatic rings. The van der Waals surface area contributed by atoms with Crippen LogP contribution in [0.4, 0.5) is 11.5 Å². The summed E-state index contributed by atoms with van der Waals surface area (Å²) in [4.78, 5) is 26.4. The molecule has 0 aliphatic rings. The van der Waals surface area contributed by atoms with E-state index in [1.807, 2.05) is 55.5 Å². The van der Waals surface area contributed by atoms with Gasteiger partial charge < -0.3 is 16.2 Å². The number of nitrogens with two attached hydrogens (primary N) is 1. The number of carbonyl (C=O) groups excluding carboxylic acids is 1. The fourth-order valence-corrected chi connectivity index (χ4v) is 3.55. The molecular formula is C26H27N5O3. The molecule has 0 radical (unpaired) electrons. The molecule has 0 spiro atoms. The third-order valence-electron chi connectivity index (χ3n) is 5.31. The molecule has 2 aromatic carbocycles. The van der Waals surface area contributed by atoms with Crippen LogP contribution in [0.5, 0.6) is 0 Å². The third kappa shape index (κ3) is 5.48. The van der Waals surface area contributed by atoms with Crippen molar-refractivity contribution in [3.63, 3.8) is 0 Å². The van der Waals surface area contributed by atoms with Crippen LogP contribution in [0.3, 0.4) is 0 Å². The van der Waals surface area contributed by atoms with Gasteiger partial charge in [-0.1, -0.05) is 18.2 Å². The molecule has 0 saturated carbocycles. The van der Waals surface area contributed by atoms with E-state index < -0.39 is 6.10 Å². The topological polar surface area (TPSA) is 122 Å². The molecule has 0 fully saturated rings. The molecule has 0 aliphatic carbocycles. The Labute approximate surface area is 197 Å². The predicted octanol–water partition coefficient (Wildman–Crippen LogP) is 3.84. The zero-order valence-corrected chi connectivity index (χ0v) is 19.1. The minimum absolute atomic E-state index is 0.0180. The number of hydroxylamine groups is 1. The Hall–Kier alpha value is -4.01. The highest BCUT2D eigenvalue weighted by Gasteiger charge is 2.12. The molecule has 5 N–H and O–H groups in total. The number of nitrogens with one attached hydrogen (secondary N) is 2. The van der Waals surface area contributed by atoms with E-state index in [-0.39, 0.29) is 12.5 Å². The number of nitrogens with zero attached hydrogens (tertiary/aromatic N) is 2. The highest BCUT2D eigenvalue weighted by molar-refractivity contribution is 5.95. The molecule has 2 heterocycles. The lowest BCUT2D eigenvalue weighted by atomic mass is 10.0. The van der Waals surface area contributed by atoms with E-state index in [4.69, 9.17) is 15.6 Å². The second-order valence-corrected chi connectivity index (χ2v) is 8.14. The summed E-state index contributed by atoms with van der Waals surface area (Å²) >= 11 is 0. The average Bonchev–Trinajstić information content (AvgIpc) is 2.83. The number of amides is 1. The number of hydrogen-bond donors (Lipinski definition) is 4. The van der Waals surface area contributed by atoms with Crippen LogP contribution in [-0.4, -0.2) is 33.7 Å². The second-order valence-electron chi connectivity index (χ2n) is 8.14. The summed E-state index contributed by atoms with van der Waals surface area (Å²) in [5, 5.41) is 13.6. The summed E-state index contributed by atoms with van der Waals surface area (Å²) in [7, 11) is 0. The fraction of sp³-hybridized carbons (Fsp3) is 0.192. The van der Waals surface area contributed by atoms with Gasteiger partial charge in [0, 0.05) is 29.3 Å². The Morgan fingerprint density at radius 3 is 2.79 bits per heavy atom. The Morgan fingerprint density at radius 2 is 2.00 bits per heavy atom. The van der Waals surface area contributed by atoms with Crippen LogP contribution in [0, 0.1) is 6.92 Å². The standard InChI is InChI=1S/C26H27N5O3/c1-16-12-20(6-7-21(16)26(33)31-34-15-17(2)32)24-10-8-22(27)25(30-24)29-14-18-5-9-23-19(13-18)4-3-11-28-23/h3-13,17,32H,14-15,27H2,1-2H3,(H,29,30)(H,31,33). The minimum atomic E-state index is -0.665. The number of benzene rings is 2. The monoisotopic (exact) mass is 457 g/mol. The number of aliphatic hydroxyl groups excluding tert-OH is 1. The summed E-state index contributed by atoms with van der Waals surface area (Å²) < 4.78 is 0. The highest BCUT2D eigenvalue weighted by Crippen LogP contribution is 2.26. The average molecular weight is 458 g/mol. The number of fused-ring (bicyclic) bond motifs is 1. The van der Waals surface area contributed by atoms with Gasteiger partial charge in [-0.2, -0.15) is 0 Å². The van der Waals surface area contributed by atoms with Crippen LogP contribution in [0.2, 0.25) is 0 Å². The van der Waals surface area contributed by atoms with Gasteiger partial charge in [-0.05, 0) is 67.4 Å². The van der Waals surface area contributed by atoms with Crippen LogP contribution in [-0.2, 0) is 11.4 Å². The van der Waals surface area contributed by atoms with Crippen molar-refractivity contribution in [3.05, 3.63) is 83.6 Å². The van der Waals surface area contributed by atoms with Crippen molar-refractivity contribution in [2.75, 3.05) is 17.7 Å². The second kappa shape index (κ2) is 10.3. The summed E-state index contributed by atoms with van der Waals surface area (Å²) in [6, 6.07) is 19.2. The Morgan fingerprint density at radius 1 is 1.15 bits per heavy atom. The number of nitrogen functional groups attached to an aromatic ring is 1. The highest BCUT2D eigenvalue weighted by atomic mass is 16.7. The molecular weight excluding hydrogens is 430 g/mol. The fourth-order valence-electron chi connectivity index (χ4n) is 3.55. The molecule has 1 amide bonds. The first-order valence-corrected chi connectivity index (χ1v) is 11.0. The number of aliphatic hydroxyl groups is 1. The summed E-state index contributed by atoms with van der Waals surface area (Å²) in [5.74, 6) is 0.220. The maximum Gasteiger partial charge on any atom is 0.275 e. The van der Waals surface area contributed by atoms with E-state index in [1.54, 1.807) is 19.2 Å². The summed E-state index contributed by atoms with van der Waals surface area (Å²) in [6.07, 6.45) is 1.11. The van der Waals surface area contributed by atoms with E-state index in [0.717, 1.165) is 33.3 Å². The van der Waals surface area contributed by atoms with E-state index in [0.29, 0.717) is 23.6 Å². The molecule has 34 heavy (non-hydrogen) atoms. The molecule has 8 nitrogen and oxygen atoms in total. The van der Waals surface area contributed by atoms with Gasteiger partial charge in [0.15, 0.2) is 0 Å². The van der Waals surface area contributed by atoms with Crippen LogP contribution < -0.4 is 16.5 Å². The van der Waals surface area contributed by atoms with Crippen molar-refractivity contribution < 1.29 is 14.7 Å². The minimum Gasteiger partial charge on any atom is -0.396 e. The Bertz CT molecular complexity index is 1320. The normalized spacial score (nSPS) is 11.9. The predicted molar refractivity (Wildman–Crippen MR) is 133 cm³/mol. The largest absolute Gasteiger partial charge is 0.396 e. The molecule has 0 bridgehead atoms. The van der Waals surface area contributed by atoms with Gasteiger partial charge in [0.2, 0.25) is 0 Å². The molecule has 0 aliphatic heterocycles. The maximum absolute atomic E-state index is 12.3. The van der Waals surface area contributed by atoms with Gasteiger partial charge in [0.1, 0.15) is 12.4 Å². The first-order valence-electron chi connectivity index (χ1n) is 11.0. The van der Waals surface area contributed by atoms with Gasteiger partial charge in [-0.25, -0.2) is 10.5 Å². The van der Waals surface area contributed by atoms with Crippen LogP contribution in [0.1, 0.15) is 28.4 Å². The van der Waals surface area contributed by atoms with Crippen molar-refractivity contribution in [1.29, 1.82) is 0 Å². The number of hydrogen-bond acceptors (Lipinski definition) is 7. The van der Waals surface area contributed by atoms with Crippen molar-refractivity contribution in [1.82, 2.24) is 15.4 Å². The third-order valence-corrected chi connectivity index (χ3v) is 5.31. The first kappa shape index (κ1) is 23.2. The van der Waals surface area contributed by atoms with Crippen molar-refractivity contribution in [2.24, 2.45) is 0 Å². The number of rotatable bonds is 8. The SMILES string of the molecule is Cc1cc(-c2ccc(N)c(NCc3ccc4ncccc4c3)n2)ccc1C(=O)NOCC(C)O.